The third-order valence-electron chi connectivity index (χ3n) is 3.60. The molecule has 4 nitrogen and oxygen atoms in total. The van der Waals surface area contributed by atoms with Crippen molar-refractivity contribution in [1.29, 1.82) is 0 Å². The van der Waals surface area contributed by atoms with Crippen LogP contribution in [0.5, 0.6) is 0 Å². The summed E-state index contributed by atoms with van der Waals surface area (Å²) in [5.41, 5.74) is 0.991. The quantitative estimate of drug-likeness (QED) is 0.722. The van der Waals surface area contributed by atoms with E-state index < -0.39 is 23.6 Å². The van der Waals surface area contributed by atoms with Gasteiger partial charge in [-0.05, 0) is 37.3 Å². The lowest BCUT2D eigenvalue weighted by atomic mass is 10.1. The molecule has 1 amide bonds. The highest BCUT2D eigenvalue weighted by molar-refractivity contribution is 7.18. The van der Waals surface area contributed by atoms with Gasteiger partial charge in [0.05, 0.1) is 22.9 Å². The Bertz CT molecular complexity index is 865. The summed E-state index contributed by atoms with van der Waals surface area (Å²) in [5.74, 6) is -1.52. The minimum Gasteiger partial charge on any atom is -0.364 e. The second-order valence-electron chi connectivity index (χ2n) is 5.52. The van der Waals surface area contributed by atoms with Crippen LogP contribution < -0.4 is 5.32 Å². The van der Waals surface area contributed by atoms with Gasteiger partial charge < -0.3 is 10.1 Å². The van der Waals surface area contributed by atoms with Crippen molar-refractivity contribution in [2.45, 2.75) is 19.6 Å². The van der Waals surface area contributed by atoms with Crippen LogP contribution >= 0.6 is 11.3 Å². The monoisotopic (exact) mass is 362 g/mol. The molecule has 1 heterocycles. The summed E-state index contributed by atoms with van der Waals surface area (Å²) in [6, 6.07) is 10.2. The molecule has 2 aromatic carbocycles. The Kier molecular flexibility index (Phi) is 5.35. The lowest BCUT2D eigenvalue weighted by molar-refractivity contribution is -0.126. The van der Waals surface area contributed by atoms with Gasteiger partial charge in [-0.25, -0.2) is 13.8 Å². The number of hydrogen-bond acceptors (Lipinski definition) is 4. The van der Waals surface area contributed by atoms with E-state index in [1.165, 1.54) is 11.3 Å². The smallest absolute Gasteiger partial charge is 0.246 e. The molecule has 0 saturated heterocycles. The number of halogens is 2. The Morgan fingerprint density at radius 1 is 1.28 bits per heavy atom. The molecule has 3 aromatic rings. The van der Waals surface area contributed by atoms with Crippen molar-refractivity contribution in [3.05, 3.63) is 64.7 Å². The highest BCUT2D eigenvalue weighted by Crippen LogP contribution is 2.22. The predicted octanol–water partition coefficient (Wildman–Crippen LogP) is 3.97. The number of nitrogens with one attached hydrogen (secondary N) is 1. The van der Waals surface area contributed by atoms with Gasteiger partial charge >= 0.3 is 0 Å². The van der Waals surface area contributed by atoms with Gasteiger partial charge in [-0.15, -0.1) is 11.3 Å². The number of benzene rings is 2. The number of thiazole rings is 1. The molecule has 1 N–H and O–H groups in total. The number of amides is 1. The van der Waals surface area contributed by atoms with Crippen molar-refractivity contribution >= 4 is 27.5 Å². The first-order chi connectivity index (χ1) is 12.0. The molecule has 0 aliphatic heterocycles. The maximum atomic E-state index is 13.7. The minimum atomic E-state index is -0.658. The fourth-order valence-electron chi connectivity index (χ4n) is 2.42. The molecule has 0 bridgehead atoms. The number of nitrogens with zero attached hydrogens (tertiary/aromatic N) is 1. The van der Waals surface area contributed by atoms with Gasteiger partial charge in [0.1, 0.15) is 23.2 Å². The van der Waals surface area contributed by atoms with Crippen LogP contribution in [0.15, 0.2) is 42.5 Å². The van der Waals surface area contributed by atoms with Crippen LogP contribution in [0.1, 0.15) is 23.5 Å². The summed E-state index contributed by atoms with van der Waals surface area (Å²) in [6.07, 6.45) is 0. The molecule has 3 rings (SSSR count). The second-order valence-corrected chi connectivity index (χ2v) is 6.64. The third kappa shape index (κ3) is 4.37. The Balaban J connectivity index is 1.51. The van der Waals surface area contributed by atoms with E-state index in [4.69, 9.17) is 4.74 Å². The second kappa shape index (κ2) is 7.67. The molecule has 0 spiro atoms. The molecule has 1 atom stereocenters. The average Bonchev–Trinajstić information content (AvgIpc) is 2.99. The van der Waals surface area contributed by atoms with Gasteiger partial charge in [0, 0.05) is 5.56 Å². The lowest BCUT2D eigenvalue weighted by Crippen LogP contribution is -2.30. The number of ether oxygens (including phenoxy) is 1. The van der Waals surface area contributed by atoms with Crippen molar-refractivity contribution in [3.8, 4) is 0 Å². The lowest BCUT2D eigenvalue weighted by Gasteiger charge is -2.15. The van der Waals surface area contributed by atoms with Crippen LogP contribution in [0.2, 0.25) is 0 Å². The van der Waals surface area contributed by atoms with Crippen LogP contribution in [-0.2, 0) is 16.1 Å². The number of aromatic nitrogens is 1. The van der Waals surface area contributed by atoms with Crippen LogP contribution in [0.25, 0.3) is 10.2 Å². The van der Waals surface area contributed by atoms with Crippen LogP contribution in [-0.4, -0.2) is 17.5 Å². The molecular weight excluding hydrogens is 346 g/mol. The molecule has 0 radical (unpaired) electrons. The van der Waals surface area contributed by atoms with Crippen molar-refractivity contribution in [1.82, 2.24) is 10.3 Å². The number of hydrogen-bond donors (Lipinski definition) is 1. The molecule has 0 aliphatic carbocycles. The fraction of sp³-hybridized carbons (Fsp3) is 0.222. The Morgan fingerprint density at radius 2 is 2.08 bits per heavy atom. The minimum absolute atomic E-state index is 0.0968. The molecule has 0 fully saturated rings. The van der Waals surface area contributed by atoms with E-state index in [0.717, 1.165) is 33.4 Å². The van der Waals surface area contributed by atoms with E-state index in [1.54, 1.807) is 6.92 Å². The van der Waals surface area contributed by atoms with Gasteiger partial charge in [0.25, 0.3) is 0 Å². The summed E-state index contributed by atoms with van der Waals surface area (Å²) in [7, 11) is 0. The van der Waals surface area contributed by atoms with Gasteiger partial charge in [0.15, 0.2) is 0 Å². The standard InChI is InChI=1S/C18H16F2N2O2S/c1-11(13-8-12(19)6-7-14(13)20)21-17(23)9-24-10-18-22-15-4-2-3-5-16(15)25-18/h2-8,11H,9-10H2,1H3,(H,21,23). The van der Waals surface area contributed by atoms with Gasteiger partial charge in [-0.3, -0.25) is 4.79 Å². The Labute approximate surface area is 147 Å². The Morgan fingerprint density at radius 3 is 2.88 bits per heavy atom. The summed E-state index contributed by atoms with van der Waals surface area (Å²) in [5, 5.41) is 3.37. The third-order valence-corrected chi connectivity index (χ3v) is 4.61. The summed E-state index contributed by atoms with van der Waals surface area (Å²) >= 11 is 1.50. The molecule has 0 aliphatic rings. The van der Waals surface area contributed by atoms with Crippen molar-refractivity contribution in [2.24, 2.45) is 0 Å². The molecule has 0 saturated carbocycles. The van der Waals surface area contributed by atoms with Crippen LogP contribution in [0, 0.1) is 11.6 Å². The molecule has 1 aromatic heterocycles. The van der Waals surface area contributed by atoms with Gasteiger partial charge in [0.2, 0.25) is 5.91 Å². The predicted molar refractivity (Wildman–Crippen MR) is 92.2 cm³/mol. The van der Waals surface area contributed by atoms with E-state index in [-0.39, 0.29) is 18.8 Å². The maximum Gasteiger partial charge on any atom is 0.246 e. The average molecular weight is 362 g/mol. The zero-order chi connectivity index (χ0) is 17.8. The number of rotatable bonds is 6. The number of carbonyl (C=O) groups is 1. The highest BCUT2D eigenvalue weighted by Gasteiger charge is 2.15. The van der Waals surface area contributed by atoms with E-state index in [0.29, 0.717) is 0 Å². The SMILES string of the molecule is CC(NC(=O)COCc1nc2ccccc2s1)c1cc(F)ccc1F. The Hall–Kier alpha value is -2.38. The maximum absolute atomic E-state index is 13.7. The van der Waals surface area contributed by atoms with Crippen LogP contribution in [0.3, 0.4) is 0 Å². The summed E-state index contributed by atoms with van der Waals surface area (Å²) in [4.78, 5) is 16.3. The fourth-order valence-corrected chi connectivity index (χ4v) is 3.33. The first kappa shape index (κ1) is 17.4. The van der Waals surface area contributed by atoms with Gasteiger partial charge in [-0.2, -0.15) is 0 Å². The van der Waals surface area contributed by atoms with Crippen molar-refractivity contribution < 1.29 is 18.3 Å². The first-order valence-corrected chi connectivity index (χ1v) is 8.51. The number of fused-ring (bicyclic) bond motifs is 1. The van der Waals surface area contributed by atoms with E-state index in [2.05, 4.69) is 10.3 Å². The van der Waals surface area contributed by atoms with E-state index in [9.17, 15) is 13.6 Å². The normalized spacial score (nSPS) is 12.3. The number of para-hydroxylation sites is 1. The van der Waals surface area contributed by atoms with E-state index in [1.807, 2.05) is 24.3 Å². The molecule has 25 heavy (non-hydrogen) atoms. The number of carbonyl (C=O) groups excluding carboxylic acids is 1. The largest absolute Gasteiger partial charge is 0.364 e. The molecule has 7 heteroatoms. The van der Waals surface area contributed by atoms with Gasteiger partial charge in [-0.1, -0.05) is 12.1 Å². The highest BCUT2D eigenvalue weighted by atomic mass is 32.1. The topological polar surface area (TPSA) is 51.2 Å². The van der Waals surface area contributed by atoms with Crippen molar-refractivity contribution in [3.63, 3.8) is 0 Å². The van der Waals surface area contributed by atoms with Crippen LogP contribution in [0.4, 0.5) is 8.78 Å². The molecule has 1 unspecified atom stereocenters. The molecule has 130 valence electrons. The zero-order valence-electron chi connectivity index (χ0n) is 13.5. The summed E-state index contributed by atoms with van der Waals surface area (Å²) in [6.45, 7) is 1.62. The summed E-state index contributed by atoms with van der Waals surface area (Å²) < 4.78 is 33.3. The first-order valence-electron chi connectivity index (χ1n) is 7.69. The molecular formula is C18H16F2N2O2S. The van der Waals surface area contributed by atoms with E-state index >= 15 is 0 Å². The van der Waals surface area contributed by atoms with Crippen molar-refractivity contribution in [2.75, 3.05) is 6.61 Å². The zero-order valence-corrected chi connectivity index (χ0v) is 14.3.